The van der Waals surface area contributed by atoms with Gasteiger partial charge in [0.15, 0.2) is 0 Å². The van der Waals surface area contributed by atoms with Crippen LogP contribution in [0.1, 0.15) is 35.6 Å². The summed E-state index contributed by atoms with van der Waals surface area (Å²) in [5.41, 5.74) is 9.45. The van der Waals surface area contributed by atoms with Crippen molar-refractivity contribution >= 4 is 0 Å². The number of fused-ring (bicyclic) bond motifs is 1. The Bertz CT molecular complexity index is 334. The summed E-state index contributed by atoms with van der Waals surface area (Å²) in [6.07, 6.45) is 5.58. The van der Waals surface area contributed by atoms with Crippen molar-refractivity contribution < 1.29 is 0 Å². The summed E-state index contributed by atoms with van der Waals surface area (Å²) in [7, 11) is 0. The van der Waals surface area contributed by atoms with Crippen molar-refractivity contribution in [2.24, 2.45) is 5.73 Å². The smallest absolute Gasteiger partial charge is 0.125 e. The third-order valence-electron chi connectivity index (χ3n) is 2.75. The van der Waals surface area contributed by atoms with Crippen LogP contribution in [0.2, 0.25) is 0 Å². The van der Waals surface area contributed by atoms with Gasteiger partial charge in [-0.15, -0.1) is 0 Å². The SMILES string of the molecule is Cc1nc(CCCN)c2c(n1)CCC2. The Hall–Kier alpha value is -0.960. The van der Waals surface area contributed by atoms with Gasteiger partial charge in [-0.3, -0.25) is 0 Å². The minimum Gasteiger partial charge on any atom is -0.330 e. The van der Waals surface area contributed by atoms with Crippen LogP contribution < -0.4 is 5.73 Å². The van der Waals surface area contributed by atoms with Gasteiger partial charge in [0.1, 0.15) is 5.82 Å². The molecule has 0 radical (unpaired) electrons. The van der Waals surface area contributed by atoms with E-state index in [1.54, 1.807) is 0 Å². The lowest BCUT2D eigenvalue weighted by Crippen LogP contribution is -2.06. The highest BCUT2D eigenvalue weighted by Crippen LogP contribution is 2.23. The largest absolute Gasteiger partial charge is 0.330 e. The second-order valence-corrected chi connectivity index (χ2v) is 3.89. The molecule has 0 amide bonds. The second kappa shape index (κ2) is 4.05. The maximum absolute atomic E-state index is 5.52. The van der Waals surface area contributed by atoms with E-state index in [2.05, 4.69) is 9.97 Å². The van der Waals surface area contributed by atoms with E-state index in [4.69, 9.17) is 5.73 Å². The normalized spacial score (nSPS) is 14.4. The number of nitrogens with zero attached hydrogens (tertiary/aromatic N) is 2. The molecule has 0 spiro atoms. The summed E-state index contributed by atoms with van der Waals surface area (Å²) in [6, 6.07) is 0. The van der Waals surface area contributed by atoms with Gasteiger partial charge in [-0.25, -0.2) is 9.97 Å². The molecule has 1 aromatic rings. The number of nitrogens with two attached hydrogens (primary N) is 1. The predicted molar refractivity (Wildman–Crippen MR) is 56.2 cm³/mol. The minimum absolute atomic E-state index is 0.748. The number of aromatic nitrogens is 2. The number of aryl methyl sites for hydroxylation is 3. The van der Waals surface area contributed by atoms with Crippen LogP contribution in [0.4, 0.5) is 0 Å². The average molecular weight is 191 g/mol. The third kappa shape index (κ3) is 1.77. The van der Waals surface area contributed by atoms with Gasteiger partial charge in [0.25, 0.3) is 0 Å². The van der Waals surface area contributed by atoms with Gasteiger partial charge in [-0.1, -0.05) is 0 Å². The number of hydrogen-bond acceptors (Lipinski definition) is 3. The standard InChI is InChI=1S/C11H17N3/c1-8-13-10-5-2-4-9(10)11(14-8)6-3-7-12/h2-7,12H2,1H3. The topological polar surface area (TPSA) is 51.8 Å². The number of hydrogen-bond donors (Lipinski definition) is 1. The van der Waals surface area contributed by atoms with E-state index >= 15 is 0 Å². The van der Waals surface area contributed by atoms with Crippen LogP contribution in [0, 0.1) is 6.92 Å². The van der Waals surface area contributed by atoms with Crippen molar-refractivity contribution in [3.8, 4) is 0 Å². The van der Waals surface area contributed by atoms with Crippen molar-refractivity contribution in [1.82, 2.24) is 9.97 Å². The quantitative estimate of drug-likeness (QED) is 0.780. The maximum Gasteiger partial charge on any atom is 0.125 e. The van der Waals surface area contributed by atoms with E-state index in [0.29, 0.717) is 0 Å². The van der Waals surface area contributed by atoms with E-state index in [1.165, 1.54) is 23.4 Å². The van der Waals surface area contributed by atoms with E-state index < -0.39 is 0 Å². The van der Waals surface area contributed by atoms with E-state index in [0.717, 1.165) is 38.1 Å². The zero-order valence-electron chi connectivity index (χ0n) is 8.71. The molecule has 0 atom stereocenters. The van der Waals surface area contributed by atoms with Crippen molar-refractivity contribution in [2.75, 3.05) is 6.54 Å². The van der Waals surface area contributed by atoms with Crippen LogP contribution in [0.25, 0.3) is 0 Å². The Morgan fingerprint density at radius 3 is 2.93 bits per heavy atom. The molecular formula is C11H17N3. The molecule has 1 aliphatic carbocycles. The molecule has 1 heterocycles. The van der Waals surface area contributed by atoms with Crippen molar-refractivity contribution in [3.63, 3.8) is 0 Å². The van der Waals surface area contributed by atoms with Gasteiger partial charge in [0, 0.05) is 11.4 Å². The molecule has 1 aromatic heterocycles. The van der Waals surface area contributed by atoms with Gasteiger partial charge >= 0.3 is 0 Å². The zero-order chi connectivity index (χ0) is 9.97. The molecule has 0 aromatic carbocycles. The molecule has 0 aliphatic heterocycles. The maximum atomic E-state index is 5.52. The van der Waals surface area contributed by atoms with Crippen LogP contribution in [0.5, 0.6) is 0 Å². The molecule has 14 heavy (non-hydrogen) atoms. The van der Waals surface area contributed by atoms with Crippen molar-refractivity contribution in [3.05, 3.63) is 22.8 Å². The van der Waals surface area contributed by atoms with Crippen LogP contribution >= 0.6 is 0 Å². The van der Waals surface area contributed by atoms with Crippen LogP contribution in [0.3, 0.4) is 0 Å². The lowest BCUT2D eigenvalue weighted by atomic mass is 10.1. The summed E-state index contributed by atoms with van der Waals surface area (Å²) in [6.45, 7) is 2.72. The highest BCUT2D eigenvalue weighted by molar-refractivity contribution is 5.30. The summed E-state index contributed by atoms with van der Waals surface area (Å²) >= 11 is 0. The molecule has 3 heteroatoms. The molecule has 0 unspecified atom stereocenters. The Morgan fingerprint density at radius 2 is 2.14 bits per heavy atom. The summed E-state index contributed by atoms with van der Waals surface area (Å²) in [4.78, 5) is 9.00. The average Bonchev–Trinajstić information content (AvgIpc) is 2.61. The van der Waals surface area contributed by atoms with E-state index in [-0.39, 0.29) is 0 Å². The second-order valence-electron chi connectivity index (χ2n) is 3.89. The molecule has 0 fully saturated rings. The lowest BCUT2D eigenvalue weighted by molar-refractivity contribution is 0.783. The molecule has 0 bridgehead atoms. The zero-order valence-corrected chi connectivity index (χ0v) is 8.71. The Kier molecular flexibility index (Phi) is 2.77. The van der Waals surface area contributed by atoms with E-state index in [1.807, 2.05) is 6.92 Å². The highest BCUT2D eigenvalue weighted by Gasteiger charge is 2.17. The van der Waals surface area contributed by atoms with E-state index in [9.17, 15) is 0 Å². The van der Waals surface area contributed by atoms with Gasteiger partial charge < -0.3 is 5.73 Å². The predicted octanol–water partition coefficient (Wildman–Crippen LogP) is 1.17. The summed E-state index contributed by atoms with van der Waals surface area (Å²) in [5.74, 6) is 0.915. The Balaban J connectivity index is 2.29. The summed E-state index contributed by atoms with van der Waals surface area (Å²) < 4.78 is 0. The van der Waals surface area contributed by atoms with Crippen molar-refractivity contribution in [2.45, 2.75) is 39.0 Å². The Labute approximate surface area is 84.8 Å². The van der Waals surface area contributed by atoms with Crippen LogP contribution in [0.15, 0.2) is 0 Å². The van der Waals surface area contributed by atoms with Crippen LogP contribution in [-0.2, 0) is 19.3 Å². The first-order valence-electron chi connectivity index (χ1n) is 5.36. The fraction of sp³-hybridized carbons (Fsp3) is 0.636. The first kappa shape index (κ1) is 9.59. The summed E-state index contributed by atoms with van der Waals surface area (Å²) in [5, 5.41) is 0. The van der Waals surface area contributed by atoms with Gasteiger partial charge in [-0.2, -0.15) is 0 Å². The van der Waals surface area contributed by atoms with Crippen molar-refractivity contribution in [1.29, 1.82) is 0 Å². The molecule has 0 saturated carbocycles. The molecule has 3 nitrogen and oxygen atoms in total. The molecule has 0 saturated heterocycles. The Morgan fingerprint density at radius 1 is 1.29 bits per heavy atom. The van der Waals surface area contributed by atoms with Gasteiger partial charge in [-0.05, 0) is 51.1 Å². The first-order chi connectivity index (χ1) is 6.81. The fourth-order valence-electron chi connectivity index (χ4n) is 2.12. The van der Waals surface area contributed by atoms with Gasteiger partial charge in [0.2, 0.25) is 0 Å². The minimum atomic E-state index is 0.748. The lowest BCUT2D eigenvalue weighted by Gasteiger charge is -2.07. The fourth-order valence-corrected chi connectivity index (χ4v) is 2.12. The molecular weight excluding hydrogens is 174 g/mol. The van der Waals surface area contributed by atoms with Gasteiger partial charge in [0.05, 0.1) is 0 Å². The molecule has 76 valence electrons. The number of rotatable bonds is 3. The first-order valence-corrected chi connectivity index (χ1v) is 5.36. The molecule has 1 aliphatic rings. The monoisotopic (exact) mass is 191 g/mol. The van der Waals surface area contributed by atoms with Crippen LogP contribution in [-0.4, -0.2) is 16.5 Å². The highest BCUT2D eigenvalue weighted by atomic mass is 14.9. The molecule has 2 N–H and O–H groups in total. The molecule has 2 rings (SSSR count). The third-order valence-corrected chi connectivity index (χ3v) is 2.75.